The summed E-state index contributed by atoms with van der Waals surface area (Å²) in [6.45, 7) is 6.72. The average molecular weight is 376 g/mol. The molecule has 3 aliphatic carbocycles. The van der Waals surface area contributed by atoms with Gasteiger partial charge in [-0.05, 0) is 29.3 Å². The van der Waals surface area contributed by atoms with Gasteiger partial charge in [0.1, 0.15) is 11.5 Å². The van der Waals surface area contributed by atoms with E-state index in [0.717, 1.165) is 11.6 Å². The zero-order chi connectivity index (χ0) is 19.2. The molecule has 26 heavy (non-hydrogen) atoms. The van der Waals surface area contributed by atoms with Crippen LogP contribution in [-0.4, -0.2) is 42.6 Å². The van der Waals surface area contributed by atoms with Gasteiger partial charge in [0.2, 0.25) is 0 Å². The van der Waals surface area contributed by atoms with E-state index in [0.29, 0.717) is 5.56 Å². The molecule has 7 heteroatoms. The number of carboxylic acid groups (broad SMARTS) is 1. The summed E-state index contributed by atoms with van der Waals surface area (Å²) in [5.41, 5.74) is 1.31. The number of carboxylic acids is 1. The van der Waals surface area contributed by atoms with E-state index in [9.17, 15) is 24.6 Å². The van der Waals surface area contributed by atoms with Gasteiger partial charge in [0, 0.05) is 20.4 Å². The van der Waals surface area contributed by atoms with Crippen molar-refractivity contribution < 1.29 is 29.3 Å². The van der Waals surface area contributed by atoms with Crippen LogP contribution in [0.15, 0.2) is 18.2 Å². The van der Waals surface area contributed by atoms with E-state index in [4.69, 9.17) is 4.74 Å². The number of hydrogen-bond donors (Lipinski definition) is 2. The molecular weight excluding hydrogens is 352 g/mol. The van der Waals surface area contributed by atoms with Crippen LogP contribution in [0.1, 0.15) is 29.4 Å². The maximum Gasteiger partial charge on any atom is 0.310 e. The largest absolute Gasteiger partial charge is 0.508 e. The quantitative estimate of drug-likeness (QED) is 0.605. The van der Waals surface area contributed by atoms with Gasteiger partial charge in [-0.1, -0.05) is 25.7 Å². The molecule has 2 bridgehead atoms. The minimum atomic E-state index is -1.40. The zero-order valence-corrected chi connectivity index (χ0v) is 16.2. The molecule has 140 valence electrons. The second kappa shape index (κ2) is 6.54. The Hall–Kier alpha value is -2.15. The molecule has 2 N–H and O–H groups in total. The lowest BCUT2D eigenvalue weighted by molar-refractivity contribution is -0.164. The van der Waals surface area contributed by atoms with Crippen LogP contribution in [0, 0.1) is 11.8 Å². The van der Waals surface area contributed by atoms with E-state index >= 15 is 0 Å². The molecule has 3 aliphatic rings. The Morgan fingerprint density at radius 2 is 1.88 bits per heavy atom. The van der Waals surface area contributed by atoms with Crippen LogP contribution in [0.3, 0.4) is 0 Å². The fourth-order valence-electron chi connectivity index (χ4n) is 4.13. The normalized spacial score (nSPS) is 27.1. The molecular formula is C19H24O6Si. The predicted molar refractivity (Wildman–Crippen MR) is 96.9 cm³/mol. The standard InChI is InChI=1S/C19H24O6Si/c1-26(2,3)7-6-25-19(24)17-15-12-8-10(20)4-5-11(12)13(9-14(15)21)16(17)18(22)23/h4-5,8,13,15-17,20H,6-7,9H2,1-3H3,(H,22,23)/t13-,15-,16-,17+/m1/s1. The third-order valence-corrected chi connectivity index (χ3v) is 7.11. The number of ketones is 1. The van der Waals surface area contributed by atoms with Crippen LogP contribution in [0.25, 0.3) is 0 Å². The third kappa shape index (κ3) is 3.27. The highest BCUT2D eigenvalue weighted by Gasteiger charge is 2.57. The molecule has 0 aromatic heterocycles. The zero-order valence-electron chi connectivity index (χ0n) is 15.2. The number of hydrogen-bond acceptors (Lipinski definition) is 5. The highest BCUT2D eigenvalue weighted by Crippen LogP contribution is 2.55. The van der Waals surface area contributed by atoms with Crippen molar-refractivity contribution in [1.29, 1.82) is 0 Å². The molecule has 0 unspecified atom stereocenters. The third-order valence-electron chi connectivity index (χ3n) is 5.41. The maximum atomic E-state index is 12.7. The fraction of sp³-hybridized carbons (Fsp3) is 0.526. The summed E-state index contributed by atoms with van der Waals surface area (Å²) in [6, 6.07) is 5.41. The van der Waals surface area contributed by atoms with Crippen molar-refractivity contribution in [3.8, 4) is 5.75 Å². The highest BCUT2D eigenvalue weighted by atomic mass is 28.3. The first-order valence-electron chi connectivity index (χ1n) is 8.85. The molecule has 6 nitrogen and oxygen atoms in total. The molecule has 1 saturated carbocycles. The lowest BCUT2D eigenvalue weighted by Gasteiger charge is -2.45. The lowest BCUT2D eigenvalue weighted by atomic mass is 9.55. The number of benzene rings is 1. The number of aromatic hydroxyl groups is 1. The summed E-state index contributed by atoms with van der Waals surface area (Å²) in [4.78, 5) is 37.2. The van der Waals surface area contributed by atoms with Gasteiger partial charge in [-0.15, -0.1) is 0 Å². The van der Waals surface area contributed by atoms with Gasteiger partial charge in [-0.3, -0.25) is 14.4 Å². The Kier molecular flexibility index (Phi) is 4.68. The number of aliphatic carboxylic acids is 1. The van der Waals surface area contributed by atoms with Crippen molar-refractivity contribution >= 4 is 25.8 Å². The monoisotopic (exact) mass is 376 g/mol. The minimum absolute atomic E-state index is 0.00169. The fourth-order valence-corrected chi connectivity index (χ4v) is 4.84. The first-order valence-corrected chi connectivity index (χ1v) is 12.6. The van der Waals surface area contributed by atoms with E-state index < -0.39 is 43.7 Å². The Labute approximate surface area is 153 Å². The minimum Gasteiger partial charge on any atom is -0.508 e. The van der Waals surface area contributed by atoms with Crippen molar-refractivity contribution in [3.63, 3.8) is 0 Å². The second-order valence-corrected chi connectivity index (χ2v) is 14.1. The topological polar surface area (TPSA) is 101 Å². The first-order chi connectivity index (χ1) is 12.1. The van der Waals surface area contributed by atoms with Gasteiger partial charge in [-0.2, -0.15) is 0 Å². The molecule has 1 fully saturated rings. The van der Waals surface area contributed by atoms with Crippen LogP contribution in [0.2, 0.25) is 25.7 Å². The number of carbonyl (C=O) groups is 3. The first kappa shape index (κ1) is 18.6. The smallest absolute Gasteiger partial charge is 0.310 e. The van der Waals surface area contributed by atoms with Crippen molar-refractivity contribution in [2.24, 2.45) is 11.8 Å². The second-order valence-electron chi connectivity index (χ2n) is 8.44. The Bertz CT molecular complexity index is 766. The molecule has 0 radical (unpaired) electrons. The van der Waals surface area contributed by atoms with Gasteiger partial charge in [0.15, 0.2) is 0 Å². The number of carbonyl (C=O) groups excluding carboxylic acids is 2. The van der Waals surface area contributed by atoms with Crippen molar-refractivity contribution in [3.05, 3.63) is 29.3 Å². The highest BCUT2D eigenvalue weighted by molar-refractivity contribution is 6.76. The Morgan fingerprint density at radius 3 is 2.50 bits per heavy atom. The van der Waals surface area contributed by atoms with Crippen LogP contribution in [0.4, 0.5) is 0 Å². The summed E-state index contributed by atoms with van der Waals surface area (Å²) in [7, 11) is -1.40. The van der Waals surface area contributed by atoms with Crippen molar-refractivity contribution in [2.75, 3.05) is 6.61 Å². The summed E-state index contributed by atoms with van der Waals surface area (Å²) < 4.78 is 5.40. The molecule has 1 aromatic carbocycles. The Balaban J connectivity index is 1.94. The molecule has 0 amide bonds. The lowest BCUT2D eigenvalue weighted by Crippen LogP contribution is -2.50. The van der Waals surface area contributed by atoms with Crippen LogP contribution in [-0.2, 0) is 19.1 Å². The van der Waals surface area contributed by atoms with Gasteiger partial charge >= 0.3 is 11.9 Å². The van der Waals surface area contributed by atoms with Crippen molar-refractivity contribution in [2.45, 2.75) is 43.9 Å². The molecule has 1 aromatic rings. The predicted octanol–water partition coefficient (Wildman–Crippen LogP) is 2.74. The maximum absolute atomic E-state index is 12.7. The van der Waals surface area contributed by atoms with E-state index in [-0.39, 0.29) is 24.6 Å². The van der Waals surface area contributed by atoms with Crippen LogP contribution in [0.5, 0.6) is 5.75 Å². The van der Waals surface area contributed by atoms with Gasteiger partial charge in [-0.25, -0.2) is 0 Å². The SMILES string of the molecule is C[Si](C)(C)CCOC(=O)[C@@H]1[C@H](C(=O)O)[C@@H]2CC(=O)[C@H]1c1cc(O)ccc12. The molecule has 0 saturated heterocycles. The van der Waals surface area contributed by atoms with E-state index in [2.05, 4.69) is 19.6 Å². The molecule has 0 spiro atoms. The van der Waals surface area contributed by atoms with Gasteiger partial charge < -0.3 is 14.9 Å². The van der Waals surface area contributed by atoms with E-state index in [1.165, 1.54) is 12.1 Å². The number of esters is 1. The number of rotatable bonds is 5. The van der Waals surface area contributed by atoms with Crippen LogP contribution >= 0.6 is 0 Å². The number of phenolic OH excluding ortho intramolecular Hbond substituents is 1. The molecule has 0 heterocycles. The van der Waals surface area contributed by atoms with E-state index in [1.54, 1.807) is 6.07 Å². The summed E-state index contributed by atoms with van der Waals surface area (Å²) in [5, 5.41) is 19.5. The molecule has 0 aliphatic heterocycles. The number of ether oxygens (including phenoxy) is 1. The Morgan fingerprint density at radius 1 is 1.19 bits per heavy atom. The molecule has 4 atom stereocenters. The number of phenols is 1. The van der Waals surface area contributed by atoms with Crippen LogP contribution < -0.4 is 0 Å². The molecule has 4 rings (SSSR count). The average Bonchev–Trinajstić information content (AvgIpc) is 2.52. The van der Waals surface area contributed by atoms with Gasteiger partial charge in [0.05, 0.1) is 24.4 Å². The number of fused-ring (bicyclic) bond motifs is 2. The van der Waals surface area contributed by atoms with E-state index in [1.807, 2.05) is 0 Å². The van der Waals surface area contributed by atoms with Gasteiger partial charge in [0.25, 0.3) is 0 Å². The summed E-state index contributed by atoms with van der Waals surface area (Å²) in [6.07, 6.45) is 0.109. The summed E-state index contributed by atoms with van der Waals surface area (Å²) in [5.74, 6) is -5.29. The number of Topliss-reactive ketones (excluding diaryl/α,β-unsaturated/α-hetero) is 1. The summed E-state index contributed by atoms with van der Waals surface area (Å²) >= 11 is 0. The van der Waals surface area contributed by atoms with Crippen molar-refractivity contribution in [1.82, 2.24) is 0 Å².